The summed E-state index contributed by atoms with van der Waals surface area (Å²) in [6.45, 7) is 10.7. The van der Waals surface area contributed by atoms with Crippen LogP contribution in [-0.2, 0) is 0 Å². The van der Waals surface area contributed by atoms with Gasteiger partial charge in [-0.1, -0.05) is 79.7 Å². The zero-order valence-electron chi connectivity index (χ0n) is 19.7. The zero-order chi connectivity index (χ0) is 23.2. The van der Waals surface area contributed by atoms with E-state index in [1.807, 2.05) is 0 Å². The van der Waals surface area contributed by atoms with Gasteiger partial charge in [0.1, 0.15) is 16.9 Å². The van der Waals surface area contributed by atoms with Crippen molar-refractivity contribution in [2.75, 3.05) is 25.8 Å². The first-order valence-electron chi connectivity index (χ1n) is 11.6. The molecule has 4 aromatic carbocycles. The molecule has 168 valence electrons. The van der Waals surface area contributed by atoms with E-state index in [0.717, 1.165) is 19.1 Å². The van der Waals surface area contributed by atoms with Crippen molar-refractivity contribution in [3.8, 4) is 0 Å². The van der Waals surface area contributed by atoms with E-state index in [-0.39, 0.29) is 0 Å². The highest BCUT2D eigenvalue weighted by Gasteiger charge is 2.41. The van der Waals surface area contributed by atoms with Crippen molar-refractivity contribution >= 4 is 35.7 Å². The van der Waals surface area contributed by atoms with Crippen LogP contribution in [0.15, 0.2) is 121 Å². The van der Waals surface area contributed by atoms with Gasteiger partial charge in [0.15, 0.2) is 0 Å². The fourth-order valence-electron chi connectivity index (χ4n) is 4.55. The van der Waals surface area contributed by atoms with Crippen LogP contribution in [-0.4, -0.2) is 30.7 Å². The predicted octanol–water partition coefficient (Wildman–Crippen LogP) is 5.98. The topological polar surface area (TPSA) is 3.24 Å². The highest BCUT2D eigenvalue weighted by Crippen LogP contribution is 2.58. The Bertz CT molecular complexity index is 945. The molecule has 0 heterocycles. The molecule has 4 aromatic rings. The molecule has 3 heteroatoms. The van der Waals surface area contributed by atoms with Crippen LogP contribution in [0.5, 0.6) is 0 Å². The average molecular weight is 471 g/mol. The molecular formula is C30H34NP2+. The first-order chi connectivity index (χ1) is 16.1. The van der Waals surface area contributed by atoms with Crippen molar-refractivity contribution in [1.82, 2.24) is 4.90 Å². The molecule has 0 radical (unpaired) electrons. The van der Waals surface area contributed by atoms with Gasteiger partial charge in [0, 0.05) is 6.54 Å². The van der Waals surface area contributed by atoms with Gasteiger partial charge in [-0.25, -0.2) is 4.90 Å². The van der Waals surface area contributed by atoms with Crippen molar-refractivity contribution in [2.24, 2.45) is 0 Å². The Morgan fingerprint density at radius 1 is 0.545 bits per heavy atom. The SMILES string of the molecule is [CH2-][P+](CN(CC)C[P+](C)(c1ccccc1)c1ccccc1)(c1ccccc1)c1ccccc1. The molecule has 4 rings (SSSR count). The number of nitrogens with zero attached hydrogens (tertiary/aromatic N) is 1. The summed E-state index contributed by atoms with van der Waals surface area (Å²) in [7, 11) is -3.42. The lowest BCUT2D eigenvalue weighted by Gasteiger charge is -2.37. The molecule has 0 aromatic heterocycles. The summed E-state index contributed by atoms with van der Waals surface area (Å²) in [5.41, 5.74) is 0. The molecule has 0 aliphatic heterocycles. The van der Waals surface area contributed by atoms with Crippen molar-refractivity contribution in [2.45, 2.75) is 6.92 Å². The minimum Gasteiger partial charge on any atom is -0.240 e. The lowest BCUT2D eigenvalue weighted by molar-refractivity contribution is 0.393. The molecule has 1 nitrogen and oxygen atoms in total. The van der Waals surface area contributed by atoms with Crippen molar-refractivity contribution in [3.05, 3.63) is 128 Å². The van der Waals surface area contributed by atoms with Crippen molar-refractivity contribution in [3.63, 3.8) is 0 Å². The van der Waals surface area contributed by atoms with Crippen LogP contribution in [0.2, 0.25) is 0 Å². The summed E-state index contributed by atoms with van der Waals surface area (Å²) in [5.74, 6) is 0. The van der Waals surface area contributed by atoms with E-state index >= 15 is 0 Å². The highest BCUT2D eigenvalue weighted by atomic mass is 31.2. The van der Waals surface area contributed by atoms with Gasteiger partial charge >= 0.3 is 0 Å². The molecule has 0 aliphatic rings. The summed E-state index contributed by atoms with van der Waals surface area (Å²) in [5, 5.41) is 5.66. The molecule has 0 fully saturated rings. The van der Waals surface area contributed by atoms with Gasteiger partial charge < -0.3 is 0 Å². The molecule has 0 atom stereocenters. The summed E-state index contributed by atoms with van der Waals surface area (Å²) in [6.07, 6.45) is 2.03. The second-order valence-electron chi connectivity index (χ2n) is 8.77. The number of benzene rings is 4. The fraction of sp³-hybridized carbons (Fsp3) is 0.167. The quantitative estimate of drug-likeness (QED) is 0.215. The lowest BCUT2D eigenvalue weighted by atomic mass is 10.4. The van der Waals surface area contributed by atoms with E-state index in [0.29, 0.717) is 0 Å². The Hall–Kier alpha value is -2.30. The molecule has 0 amide bonds. The molecule has 0 bridgehead atoms. The van der Waals surface area contributed by atoms with Gasteiger partial charge in [-0.05, 0) is 55.8 Å². The Labute approximate surface area is 201 Å². The normalized spacial score (nSPS) is 12.1. The number of hydrogen-bond donors (Lipinski definition) is 0. The summed E-state index contributed by atoms with van der Waals surface area (Å²) >= 11 is 0. The van der Waals surface area contributed by atoms with Gasteiger partial charge in [-0.15, -0.1) is 0 Å². The molecule has 0 spiro atoms. The van der Waals surface area contributed by atoms with Gasteiger partial charge in [-0.2, -0.15) is 6.66 Å². The van der Waals surface area contributed by atoms with E-state index < -0.39 is 14.5 Å². The summed E-state index contributed by atoms with van der Waals surface area (Å²) < 4.78 is 0. The van der Waals surface area contributed by atoms with Gasteiger partial charge in [0.25, 0.3) is 0 Å². The maximum absolute atomic E-state index is 4.96. The molecule has 0 N–H and O–H groups in total. The molecular weight excluding hydrogens is 436 g/mol. The summed E-state index contributed by atoms with van der Waals surface area (Å²) in [4.78, 5) is 2.66. The molecule has 0 aliphatic carbocycles. The van der Waals surface area contributed by atoms with Crippen LogP contribution in [0.3, 0.4) is 0 Å². The Kier molecular flexibility index (Phi) is 7.77. The third kappa shape index (κ3) is 5.28. The van der Waals surface area contributed by atoms with E-state index in [9.17, 15) is 0 Å². The van der Waals surface area contributed by atoms with Crippen LogP contribution in [0.1, 0.15) is 6.92 Å². The monoisotopic (exact) mass is 470 g/mol. The van der Waals surface area contributed by atoms with Crippen LogP contribution in [0.4, 0.5) is 0 Å². The third-order valence-corrected chi connectivity index (χ3v) is 13.8. The third-order valence-electron chi connectivity index (χ3n) is 6.52. The maximum Gasteiger partial charge on any atom is 0.123 e. The first kappa shape index (κ1) is 23.8. The predicted molar refractivity (Wildman–Crippen MR) is 152 cm³/mol. The van der Waals surface area contributed by atoms with E-state index in [2.05, 4.69) is 140 Å². The van der Waals surface area contributed by atoms with Crippen molar-refractivity contribution in [1.29, 1.82) is 0 Å². The fourth-order valence-corrected chi connectivity index (χ4v) is 11.2. The maximum atomic E-state index is 4.96. The average Bonchev–Trinajstić information content (AvgIpc) is 2.90. The number of rotatable bonds is 9. The second kappa shape index (κ2) is 10.8. The second-order valence-corrected chi connectivity index (χ2v) is 15.7. The Morgan fingerprint density at radius 3 is 1.21 bits per heavy atom. The molecule has 33 heavy (non-hydrogen) atoms. The summed E-state index contributed by atoms with van der Waals surface area (Å²) in [6, 6.07) is 44.1. The van der Waals surface area contributed by atoms with E-state index in [1.54, 1.807) is 0 Å². The first-order valence-corrected chi connectivity index (χ1v) is 16.2. The molecule has 0 saturated heterocycles. The van der Waals surface area contributed by atoms with Gasteiger partial charge in [-0.3, -0.25) is 0 Å². The van der Waals surface area contributed by atoms with Crippen LogP contribution < -0.4 is 21.2 Å². The lowest BCUT2D eigenvalue weighted by Crippen LogP contribution is -2.38. The van der Waals surface area contributed by atoms with Crippen LogP contribution in [0.25, 0.3) is 0 Å². The van der Waals surface area contributed by atoms with Crippen molar-refractivity contribution < 1.29 is 0 Å². The number of hydrogen-bond acceptors (Lipinski definition) is 1. The smallest absolute Gasteiger partial charge is 0.123 e. The largest absolute Gasteiger partial charge is 0.240 e. The van der Waals surface area contributed by atoms with E-state index in [1.165, 1.54) is 21.2 Å². The molecule has 0 unspecified atom stereocenters. The van der Waals surface area contributed by atoms with Crippen LogP contribution in [0, 0.1) is 6.66 Å². The Morgan fingerprint density at radius 2 is 0.879 bits per heavy atom. The zero-order valence-corrected chi connectivity index (χ0v) is 21.5. The van der Waals surface area contributed by atoms with Crippen LogP contribution >= 0.6 is 14.5 Å². The standard InChI is InChI=1S/C30H34NP2/c1-4-31(25-32(2,27-17-9-5-10-18-27)28-19-11-6-12-20-28)26-33(3,29-21-13-7-14-22-29)30-23-15-8-16-24-30/h5-24H,2,4,25-26H2,1,3H3/q+1. The van der Waals surface area contributed by atoms with Gasteiger partial charge in [0.05, 0.1) is 30.8 Å². The van der Waals surface area contributed by atoms with Gasteiger partial charge in [0.2, 0.25) is 0 Å². The minimum atomic E-state index is -1.82. The van der Waals surface area contributed by atoms with E-state index in [4.69, 9.17) is 6.66 Å². The Balaban J connectivity index is 1.73. The molecule has 0 saturated carbocycles. The minimum absolute atomic E-state index is 0.979. The highest BCUT2D eigenvalue weighted by molar-refractivity contribution is 7.90.